The predicted molar refractivity (Wildman–Crippen MR) is 75.1 cm³/mol. The summed E-state index contributed by atoms with van der Waals surface area (Å²) in [5, 5.41) is 6.50. The molecule has 0 atom stereocenters. The Morgan fingerprint density at radius 1 is 1.00 bits per heavy atom. The Morgan fingerprint density at radius 2 is 1.59 bits per heavy atom. The largest absolute Gasteiger partial charge is 0.365 e. The Labute approximate surface area is 103 Å². The molecule has 0 fully saturated rings. The number of para-hydroxylation sites is 1. The van der Waals surface area contributed by atoms with Crippen LogP contribution >= 0.6 is 0 Å². The van der Waals surface area contributed by atoms with E-state index in [2.05, 4.69) is 34.5 Å². The molecule has 0 aliphatic rings. The zero-order valence-corrected chi connectivity index (χ0v) is 10.9. The monoisotopic (exact) mass is 232 g/mol. The summed E-state index contributed by atoms with van der Waals surface area (Å²) in [6.07, 6.45) is 0. The summed E-state index contributed by atoms with van der Waals surface area (Å²) in [6, 6.07) is 10.3. The first kappa shape index (κ1) is 13.2. The van der Waals surface area contributed by atoms with Crippen molar-refractivity contribution in [3.05, 3.63) is 30.3 Å². The van der Waals surface area contributed by atoms with Gasteiger partial charge in [0.05, 0.1) is 0 Å². The summed E-state index contributed by atoms with van der Waals surface area (Å²) < 4.78 is 0. The van der Waals surface area contributed by atoms with E-state index < -0.39 is 0 Å². The van der Waals surface area contributed by atoms with Gasteiger partial charge in [0, 0.05) is 25.8 Å². The van der Waals surface area contributed by atoms with Crippen molar-refractivity contribution in [1.82, 2.24) is 5.32 Å². The summed E-state index contributed by atoms with van der Waals surface area (Å²) in [4.78, 5) is 8.43. The summed E-state index contributed by atoms with van der Waals surface area (Å²) in [6.45, 7) is 4.14. The molecule has 4 nitrogen and oxygen atoms in total. The predicted octanol–water partition coefficient (Wildman–Crippen LogP) is 2.15. The third-order valence-corrected chi connectivity index (χ3v) is 2.13. The number of benzene rings is 1. The summed E-state index contributed by atoms with van der Waals surface area (Å²) in [5.74, 6) is 1.51. The second-order valence-electron chi connectivity index (χ2n) is 3.93. The van der Waals surface area contributed by atoms with E-state index in [-0.39, 0.29) is 0 Å². The first-order chi connectivity index (χ1) is 8.17. The van der Waals surface area contributed by atoms with Crippen molar-refractivity contribution in [3.63, 3.8) is 0 Å². The van der Waals surface area contributed by atoms with E-state index in [1.54, 1.807) is 14.1 Å². The average Bonchev–Trinajstić information content (AvgIpc) is 2.34. The Hall–Kier alpha value is -1.84. The van der Waals surface area contributed by atoms with Gasteiger partial charge in [0.2, 0.25) is 0 Å². The maximum absolute atomic E-state index is 4.22. The molecular weight excluding hydrogens is 212 g/mol. The second-order valence-corrected chi connectivity index (χ2v) is 3.93. The molecule has 4 heteroatoms. The van der Waals surface area contributed by atoms with Crippen molar-refractivity contribution >= 4 is 17.4 Å². The molecule has 0 bridgehead atoms. The minimum atomic E-state index is 0.322. The molecule has 0 amide bonds. The molecule has 92 valence electrons. The van der Waals surface area contributed by atoms with Crippen molar-refractivity contribution in [3.8, 4) is 0 Å². The lowest BCUT2D eigenvalue weighted by Gasteiger charge is -2.15. The zero-order valence-electron chi connectivity index (χ0n) is 10.9. The van der Waals surface area contributed by atoms with Gasteiger partial charge in [-0.15, -0.1) is 0 Å². The van der Waals surface area contributed by atoms with E-state index in [0.29, 0.717) is 6.04 Å². The fourth-order valence-electron chi connectivity index (χ4n) is 1.39. The number of nitrogens with zero attached hydrogens (tertiary/aromatic N) is 2. The molecule has 17 heavy (non-hydrogen) atoms. The van der Waals surface area contributed by atoms with Crippen LogP contribution in [0.5, 0.6) is 0 Å². The van der Waals surface area contributed by atoms with Crippen LogP contribution in [0, 0.1) is 0 Å². The van der Waals surface area contributed by atoms with Gasteiger partial charge in [-0.05, 0) is 26.0 Å². The van der Waals surface area contributed by atoms with Crippen LogP contribution in [0.15, 0.2) is 40.3 Å². The van der Waals surface area contributed by atoms with Crippen LogP contribution in [-0.4, -0.2) is 31.8 Å². The molecule has 0 radical (unpaired) electrons. The minimum Gasteiger partial charge on any atom is -0.365 e. The molecule has 2 N–H and O–H groups in total. The van der Waals surface area contributed by atoms with Gasteiger partial charge >= 0.3 is 0 Å². The van der Waals surface area contributed by atoms with E-state index in [9.17, 15) is 0 Å². The van der Waals surface area contributed by atoms with E-state index >= 15 is 0 Å². The first-order valence-corrected chi connectivity index (χ1v) is 5.70. The second kappa shape index (κ2) is 6.68. The quantitative estimate of drug-likeness (QED) is 0.606. The zero-order chi connectivity index (χ0) is 12.7. The molecule has 0 aliphatic carbocycles. The molecular formula is C13H20N4. The van der Waals surface area contributed by atoms with Gasteiger partial charge in [-0.25, -0.2) is 0 Å². The lowest BCUT2D eigenvalue weighted by molar-refractivity contribution is 0.736. The number of anilines is 1. The van der Waals surface area contributed by atoms with Gasteiger partial charge in [-0.1, -0.05) is 18.2 Å². The summed E-state index contributed by atoms with van der Waals surface area (Å²) in [7, 11) is 3.50. The van der Waals surface area contributed by atoms with Crippen molar-refractivity contribution in [2.24, 2.45) is 9.98 Å². The molecule has 0 spiro atoms. The average molecular weight is 232 g/mol. The highest BCUT2D eigenvalue weighted by Gasteiger charge is 2.08. The SMILES string of the molecule is CN=C(Nc1ccccc1)C(=NC)NC(C)C. The van der Waals surface area contributed by atoms with Gasteiger partial charge in [-0.2, -0.15) is 0 Å². The van der Waals surface area contributed by atoms with Crippen LogP contribution in [-0.2, 0) is 0 Å². The number of amidine groups is 2. The highest BCUT2D eigenvalue weighted by atomic mass is 15.1. The van der Waals surface area contributed by atoms with Gasteiger partial charge in [0.15, 0.2) is 11.7 Å². The van der Waals surface area contributed by atoms with Crippen molar-refractivity contribution in [2.75, 3.05) is 19.4 Å². The molecule has 0 aliphatic heterocycles. The van der Waals surface area contributed by atoms with Crippen molar-refractivity contribution < 1.29 is 0 Å². The Kier molecular flexibility index (Phi) is 5.20. The summed E-state index contributed by atoms with van der Waals surface area (Å²) >= 11 is 0. The van der Waals surface area contributed by atoms with Crippen LogP contribution in [0.2, 0.25) is 0 Å². The van der Waals surface area contributed by atoms with Gasteiger partial charge < -0.3 is 10.6 Å². The van der Waals surface area contributed by atoms with Crippen LogP contribution in [0.3, 0.4) is 0 Å². The van der Waals surface area contributed by atoms with Gasteiger partial charge in [-0.3, -0.25) is 9.98 Å². The fraction of sp³-hybridized carbons (Fsp3) is 0.385. The standard InChI is InChI=1S/C13H20N4/c1-10(2)16-12(14-3)13(15-4)17-11-8-6-5-7-9-11/h5-10H,1-4H3,(H,14,16)(H,15,17). The lowest BCUT2D eigenvalue weighted by atomic mass is 10.3. The fourth-order valence-corrected chi connectivity index (χ4v) is 1.39. The molecule has 0 heterocycles. The third-order valence-electron chi connectivity index (χ3n) is 2.13. The maximum atomic E-state index is 4.22. The number of aliphatic imine (C=N–C) groups is 2. The van der Waals surface area contributed by atoms with Crippen LogP contribution in [0.4, 0.5) is 5.69 Å². The van der Waals surface area contributed by atoms with E-state index in [1.165, 1.54) is 0 Å². The van der Waals surface area contributed by atoms with Crippen molar-refractivity contribution in [2.45, 2.75) is 19.9 Å². The lowest BCUT2D eigenvalue weighted by Crippen LogP contribution is -2.39. The number of nitrogens with one attached hydrogen (secondary N) is 2. The number of rotatable bonds is 2. The normalized spacial score (nSPS) is 12.8. The van der Waals surface area contributed by atoms with Crippen molar-refractivity contribution in [1.29, 1.82) is 0 Å². The maximum Gasteiger partial charge on any atom is 0.168 e. The molecule has 0 aromatic heterocycles. The topological polar surface area (TPSA) is 48.8 Å². The van der Waals surface area contributed by atoms with Crippen LogP contribution in [0.25, 0.3) is 0 Å². The third kappa shape index (κ3) is 4.26. The number of hydrogen-bond donors (Lipinski definition) is 2. The first-order valence-electron chi connectivity index (χ1n) is 5.70. The molecule has 1 aromatic rings. The van der Waals surface area contributed by atoms with E-state index in [4.69, 9.17) is 0 Å². The smallest absolute Gasteiger partial charge is 0.168 e. The summed E-state index contributed by atoms with van der Waals surface area (Å²) in [5.41, 5.74) is 1.000. The molecule has 0 saturated carbocycles. The molecule has 1 rings (SSSR count). The highest BCUT2D eigenvalue weighted by Crippen LogP contribution is 2.05. The highest BCUT2D eigenvalue weighted by molar-refractivity contribution is 6.44. The minimum absolute atomic E-state index is 0.322. The van der Waals surface area contributed by atoms with Gasteiger partial charge in [0.1, 0.15) is 0 Å². The van der Waals surface area contributed by atoms with E-state index in [0.717, 1.165) is 17.4 Å². The number of hydrogen-bond acceptors (Lipinski definition) is 2. The molecule has 0 unspecified atom stereocenters. The Bertz CT molecular complexity index is 393. The Morgan fingerprint density at radius 3 is 2.06 bits per heavy atom. The molecule has 1 aromatic carbocycles. The van der Waals surface area contributed by atoms with Gasteiger partial charge in [0.25, 0.3) is 0 Å². The molecule has 0 saturated heterocycles. The Balaban J connectivity index is 2.79. The van der Waals surface area contributed by atoms with E-state index in [1.807, 2.05) is 30.3 Å². The van der Waals surface area contributed by atoms with Crippen LogP contribution < -0.4 is 10.6 Å². The van der Waals surface area contributed by atoms with Crippen LogP contribution in [0.1, 0.15) is 13.8 Å².